The smallest absolute Gasteiger partial charge is 0.339 e. The fourth-order valence-electron chi connectivity index (χ4n) is 3.79. The molecule has 0 spiro atoms. The van der Waals surface area contributed by atoms with Crippen molar-refractivity contribution in [3.63, 3.8) is 0 Å². The first-order valence-electron chi connectivity index (χ1n) is 11.4. The van der Waals surface area contributed by atoms with Gasteiger partial charge in [0.1, 0.15) is 0 Å². The Bertz CT molecular complexity index is 1620. The quantitative estimate of drug-likeness (QED) is 0.378. The molecular formula is C24H24N6O8S2. The number of hydrogen-bond donors (Lipinski definition) is 1. The summed E-state index contributed by atoms with van der Waals surface area (Å²) >= 11 is 0. The third kappa shape index (κ3) is 5.24. The normalized spacial score (nSPS) is 13.5. The molecule has 16 heteroatoms. The predicted molar refractivity (Wildman–Crippen MR) is 140 cm³/mol. The minimum absolute atomic E-state index is 0.0166. The van der Waals surface area contributed by atoms with Crippen LogP contribution in [0.1, 0.15) is 32.1 Å². The SMILES string of the molecule is COC(=O)c1ccccc1S(=O)(=O)N(N1C=CN(c2nc(C)cc(C)n2)N1)S(=O)(=O)c1ccccc1C(=O)OC. The first-order valence-corrected chi connectivity index (χ1v) is 14.3. The van der Waals surface area contributed by atoms with Gasteiger partial charge in [-0.25, -0.2) is 41.4 Å². The summed E-state index contributed by atoms with van der Waals surface area (Å²) in [5.41, 5.74) is 2.99. The van der Waals surface area contributed by atoms with E-state index in [1.807, 2.05) is 0 Å². The van der Waals surface area contributed by atoms with Crippen molar-refractivity contribution in [2.24, 2.45) is 0 Å². The van der Waals surface area contributed by atoms with Crippen LogP contribution < -0.4 is 10.5 Å². The molecule has 1 aromatic heterocycles. The summed E-state index contributed by atoms with van der Waals surface area (Å²) in [5.74, 6) is -1.93. The van der Waals surface area contributed by atoms with Gasteiger partial charge in [-0.2, -0.15) is 5.12 Å². The number of sulfonamides is 2. The number of benzene rings is 2. The van der Waals surface area contributed by atoms with Crippen molar-refractivity contribution in [1.82, 2.24) is 24.4 Å². The Kier molecular flexibility index (Phi) is 7.88. The van der Waals surface area contributed by atoms with Gasteiger partial charge in [-0.15, -0.1) is 5.53 Å². The van der Waals surface area contributed by atoms with Gasteiger partial charge in [-0.3, -0.25) is 0 Å². The number of nitrogens with one attached hydrogen (secondary N) is 1. The Balaban J connectivity index is 1.91. The van der Waals surface area contributed by atoms with Crippen LogP contribution in [0.15, 0.2) is 76.8 Å². The molecule has 2 aromatic carbocycles. The van der Waals surface area contributed by atoms with E-state index in [1.165, 1.54) is 47.6 Å². The second kappa shape index (κ2) is 11.0. The van der Waals surface area contributed by atoms with Crippen LogP contribution in [0.3, 0.4) is 0 Å². The number of carbonyl (C=O) groups is 2. The molecule has 0 aliphatic carbocycles. The Morgan fingerprint density at radius 2 is 1.23 bits per heavy atom. The maximum absolute atomic E-state index is 14.1. The number of rotatable bonds is 8. The Morgan fingerprint density at radius 3 is 1.68 bits per heavy atom. The third-order valence-corrected chi connectivity index (χ3v) is 9.66. The molecule has 3 aromatic rings. The predicted octanol–water partition coefficient (Wildman–Crippen LogP) is 1.67. The third-order valence-electron chi connectivity index (χ3n) is 5.48. The van der Waals surface area contributed by atoms with Crippen LogP contribution in [0.2, 0.25) is 0 Å². The number of ether oxygens (including phenoxy) is 2. The maximum atomic E-state index is 14.1. The largest absolute Gasteiger partial charge is 0.465 e. The molecule has 0 bridgehead atoms. The van der Waals surface area contributed by atoms with Crippen LogP contribution in [0.5, 0.6) is 0 Å². The maximum Gasteiger partial charge on any atom is 0.339 e. The van der Waals surface area contributed by atoms with Crippen LogP contribution in [-0.2, 0) is 29.5 Å². The van der Waals surface area contributed by atoms with Crippen molar-refractivity contribution in [1.29, 1.82) is 0 Å². The van der Waals surface area contributed by atoms with Gasteiger partial charge in [-0.05, 0) is 44.2 Å². The van der Waals surface area contributed by atoms with Gasteiger partial charge in [0, 0.05) is 21.4 Å². The number of carbonyl (C=O) groups excluding carboxylic acids is 2. The van der Waals surface area contributed by atoms with E-state index in [1.54, 1.807) is 19.9 Å². The van der Waals surface area contributed by atoms with Crippen LogP contribution in [-0.4, -0.2) is 61.9 Å². The molecule has 0 saturated carbocycles. The second-order valence-corrected chi connectivity index (χ2v) is 11.9. The number of anilines is 1. The minimum Gasteiger partial charge on any atom is -0.465 e. The highest BCUT2D eigenvalue weighted by Crippen LogP contribution is 2.31. The lowest BCUT2D eigenvalue weighted by Gasteiger charge is -2.31. The topological polar surface area (TPSA) is 168 Å². The van der Waals surface area contributed by atoms with Gasteiger partial charge in [0.05, 0.1) is 41.3 Å². The average Bonchev–Trinajstić information content (AvgIpc) is 3.40. The first kappa shape index (κ1) is 28.6. The average molecular weight is 589 g/mol. The van der Waals surface area contributed by atoms with Crippen molar-refractivity contribution < 1.29 is 35.9 Å². The first-order chi connectivity index (χ1) is 18.9. The molecule has 40 heavy (non-hydrogen) atoms. The number of aryl methyl sites for hydroxylation is 2. The zero-order chi connectivity index (χ0) is 29.2. The molecule has 1 aliphatic rings. The molecule has 0 atom stereocenters. The standard InChI is InChI=1S/C24H24N6O8S2/c1-16-15-17(2)26-24(25-16)28-13-14-29(27-28)30(39(33,34)20-11-7-5-9-18(20)22(31)37-3)40(35,36)21-12-8-6-10-19(21)23(32)38-4/h5-15,27H,1-4H3. The van der Waals surface area contributed by atoms with E-state index in [2.05, 4.69) is 15.5 Å². The summed E-state index contributed by atoms with van der Waals surface area (Å²) in [6.45, 7) is 3.45. The molecule has 2 heterocycles. The molecule has 14 nitrogen and oxygen atoms in total. The fourth-order valence-corrected chi connectivity index (χ4v) is 7.65. The monoisotopic (exact) mass is 588 g/mol. The molecule has 1 aliphatic heterocycles. The highest BCUT2D eigenvalue weighted by molar-refractivity contribution is 8.04. The summed E-state index contributed by atoms with van der Waals surface area (Å²) in [6.07, 6.45) is 2.39. The molecule has 4 rings (SSSR count). The van der Waals surface area contributed by atoms with Gasteiger partial charge in [0.2, 0.25) is 5.95 Å². The number of nitrogens with zero attached hydrogens (tertiary/aromatic N) is 5. The zero-order valence-electron chi connectivity index (χ0n) is 21.7. The summed E-state index contributed by atoms with van der Waals surface area (Å²) in [7, 11) is -8.11. The van der Waals surface area contributed by atoms with Crippen LogP contribution in [0, 0.1) is 13.8 Å². The van der Waals surface area contributed by atoms with E-state index in [0.29, 0.717) is 16.5 Å². The Labute approximate surface area is 230 Å². The summed E-state index contributed by atoms with van der Waals surface area (Å²) in [5, 5.41) is 1.84. The highest BCUT2D eigenvalue weighted by atomic mass is 32.3. The van der Waals surface area contributed by atoms with E-state index < -0.39 is 52.9 Å². The van der Waals surface area contributed by atoms with Crippen LogP contribution in [0.4, 0.5) is 5.95 Å². The molecule has 0 fully saturated rings. The number of hydrazine groups is 3. The summed E-state index contributed by atoms with van der Waals surface area (Å²) in [4.78, 5) is 32.1. The molecular weight excluding hydrogens is 564 g/mol. The van der Waals surface area contributed by atoms with Gasteiger partial charge in [0.15, 0.2) is 0 Å². The van der Waals surface area contributed by atoms with Crippen LogP contribution >= 0.6 is 0 Å². The van der Waals surface area contributed by atoms with Crippen LogP contribution in [0.25, 0.3) is 0 Å². The van der Waals surface area contributed by atoms with Crippen molar-refractivity contribution in [2.75, 3.05) is 19.2 Å². The van der Waals surface area contributed by atoms with Gasteiger partial charge < -0.3 is 9.47 Å². The number of methoxy groups -OCH3 is 2. The number of esters is 2. The molecule has 0 saturated heterocycles. The molecule has 0 amide bonds. The van der Waals surface area contributed by atoms with Gasteiger partial charge >= 0.3 is 11.9 Å². The highest BCUT2D eigenvalue weighted by Gasteiger charge is 2.45. The van der Waals surface area contributed by atoms with Gasteiger partial charge in [0.25, 0.3) is 20.0 Å². The lowest BCUT2D eigenvalue weighted by molar-refractivity contribution is 0.0587. The Morgan fingerprint density at radius 1 is 0.775 bits per heavy atom. The van der Waals surface area contributed by atoms with E-state index in [0.717, 1.165) is 32.6 Å². The van der Waals surface area contributed by atoms with E-state index in [9.17, 15) is 26.4 Å². The fraction of sp³-hybridized carbons (Fsp3) is 0.167. The lowest BCUT2D eigenvalue weighted by atomic mass is 10.2. The molecule has 0 radical (unpaired) electrons. The van der Waals surface area contributed by atoms with E-state index in [4.69, 9.17) is 9.47 Å². The summed E-state index contributed by atoms with van der Waals surface area (Å²) < 4.78 is 66.0. The minimum atomic E-state index is -5.11. The van der Waals surface area contributed by atoms with Crippen molar-refractivity contribution in [3.05, 3.63) is 89.5 Å². The molecule has 0 unspecified atom stereocenters. The lowest BCUT2D eigenvalue weighted by Crippen LogP contribution is -2.54. The second-order valence-electron chi connectivity index (χ2n) is 8.23. The van der Waals surface area contributed by atoms with Gasteiger partial charge in [-0.1, -0.05) is 24.3 Å². The number of aromatic nitrogens is 2. The summed E-state index contributed by atoms with van der Waals surface area (Å²) in [6, 6.07) is 11.6. The van der Waals surface area contributed by atoms with Crippen molar-refractivity contribution in [2.45, 2.75) is 23.6 Å². The zero-order valence-corrected chi connectivity index (χ0v) is 23.3. The van der Waals surface area contributed by atoms with Crippen molar-refractivity contribution in [3.8, 4) is 0 Å². The number of hydrogen-bond acceptors (Lipinski definition) is 13. The molecule has 1 N–H and O–H groups in total. The van der Waals surface area contributed by atoms with Crippen molar-refractivity contribution >= 4 is 37.9 Å². The van der Waals surface area contributed by atoms with E-state index >= 15 is 0 Å². The molecule has 210 valence electrons. The Hall–Kier alpha value is -4.38. The van der Waals surface area contributed by atoms with E-state index in [-0.39, 0.29) is 9.77 Å².